The van der Waals surface area contributed by atoms with Crippen LogP contribution < -0.4 is 15.0 Å². The van der Waals surface area contributed by atoms with E-state index in [4.69, 9.17) is 9.47 Å². The molecule has 8 heteroatoms. The van der Waals surface area contributed by atoms with Gasteiger partial charge in [0.2, 0.25) is 5.91 Å². The quantitative estimate of drug-likeness (QED) is 0.319. The van der Waals surface area contributed by atoms with E-state index in [2.05, 4.69) is 4.98 Å². The summed E-state index contributed by atoms with van der Waals surface area (Å²) in [5.74, 6) is 0.504. The normalized spacial score (nSPS) is 16.2. The number of rotatable bonds is 6. The van der Waals surface area contributed by atoms with Crippen LogP contribution in [0.2, 0.25) is 0 Å². The monoisotopic (exact) mass is 523 g/mol. The topological polar surface area (TPSA) is 90.7 Å². The van der Waals surface area contributed by atoms with Gasteiger partial charge in [-0.2, -0.15) is 0 Å². The lowest BCUT2D eigenvalue weighted by molar-refractivity contribution is -0.135. The van der Waals surface area contributed by atoms with E-state index in [0.29, 0.717) is 40.1 Å². The lowest BCUT2D eigenvalue weighted by atomic mass is 9.96. The van der Waals surface area contributed by atoms with E-state index in [-0.39, 0.29) is 47.4 Å². The Hall–Kier alpha value is -4.46. The Bertz CT molecular complexity index is 1660. The summed E-state index contributed by atoms with van der Waals surface area (Å²) < 4.78 is 12.6. The first kappa shape index (κ1) is 24.9. The molecule has 1 aliphatic heterocycles. The molecule has 0 saturated carbocycles. The second-order valence-electron chi connectivity index (χ2n) is 9.91. The number of nitrogens with zero attached hydrogens (tertiary/aromatic N) is 3. The number of ether oxygens (including phenoxy) is 2. The predicted molar refractivity (Wildman–Crippen MR) is 147 cm³/mol. The maximum Gasteiger partial charge on any atom is 0.262 e. The van der Waals surface area contributed by atoms with Crippen molar-refractivity contribution in [2.45, 2.75) is 38.3 Å². The van der Waals surface area contributed by atoms with Crippen molar-refractivity contribution in [1.82, 2.24) is 14.5 Å². The first-order chi connectivity index (χ1) is 19.0. The van der Waals surface area contributed by atoms with Crippen molar-refractivity contribution in [3.63, 3.8) is 0 Å². The van der Waals surface area contributed by atoms with E-state index in [0.717, 1.165) is 24.8 Å². The zero-order valence-corrected chi connectivity index (χ0v) is 22.0. The Balaban J connectivity index is 1.45. The number of carbonyl (C=O) groups is 2. The number of methoxy groups -OCH3 is 2. The molecule has 0 radical (unpaired) electrons. The van der Waals surface area contributed by atoms with Gasteiger partial charge in [-0.3, -0.25) is 19.4 Å². The van der Waals surface area contributed by atoms with Gasteiger partial charge >= 0.3 is 0 Å². The highest BCUT2D eigenvalue weighted by molar-refractivity contribution is 6.27. The van der Waals surface area contributed by atoms with Crippen LogP contribution in [-0.4, -0.2) is 46.9 Å². The highest BCUT2D eigenvalue weighted by atomic mass is 16.5. The molecule has 2 aliphatic rings. The zero-order valence-electron chi connectivity index (χ0n) is 22.0. The fourth-order valence-corrected chi connectivity index (χ4v) is 6.09. The van der Waals surface area contributed by atoms with Crippen molar-refractivity contribution in [3.05, 3.63) is 88.0 Å². The van der Waals surface area contributed by atoms with Crippen molar-refractivity contribution in [1.29, 1.82) is 0 Å². The third-order valence-corrected chi connectivity index (χ3v) is 7.88. The molecule has 2 aromatic carbocycles. The second kappa shape index (κ2) is 10.0. The molecule has 1 amide bonds. The Morgan fingerprint density at radius 3 is 2.56 bits per heavy atom. The van der Waals surface area contributed by atoms with Crippen molar-refractivity contribution in [2.24, 2.45) is 0 Å². The van der Waals surface area contributed by atoms with Crippen molar-refractivity contribution in [2.75, 3.05) is 20.8 Å². The molecule has 1 fully saturated rings. The summed E-state index contributed by atoms with van der Waals surface area (Å²) in [5.41, 5.74) is 2.94. The molecule has 6 rings (SSSR count). The van der Waals surface area contributed by atoms with Crippen LogP contribution in [0.15, 0.2) is 65.7 Å². The summed E-state index contributed by atoms with van der Waals surface area (Å²) in [6.07, 6.45) is 6.53. The Morgan fingerprint density at radius 1 is 1.00 bits per heavy atom. The molecule has 8 nitrogen and oxygen atoms in total. The van der Waals surface area contributed by atoms with Crippen LogP contribution in [0.25, 0.3) is 22.0 Å². The van der Waals surface area contributed by atoms with Gasteiger partial charge in [-0.05, 0) is 43.0 Å². The van der Waals surface area contributed by atoms with Crippen LogP contribution >= 0.6 is 0 Å². The van der Waals surface area contributed by atoms with Gasteiger partial charge in [0.15, 0.2) is 17.3 Å². The van der Waals surface area contributed by atoms with E-state index < -0.39 is 0 Å². The molecular formula is C31H29N3O5. The van der Waals surface area contributed by atoms with Crippen LogP contribution in [0.1, 0.15) is 53.2 Å². The lowest BCUT2D eigenvalue weighted by Crippen LogP contribution is -2.39. The zero-order chi connectivity index (χ0) is 27.1. The van der Waals surface area contributed by atoms with E-state index >= 15 is 0 Å². The first-order valence-electron chi connectivity index (χ1n) is 13.2. The molecule has 4 aromatic rings. The summed E-state index contributed by atoms with van der Waals surface area (Å²) in [6, 6.07) is 14.6. The molecule has 1 atom stereocenters. The van der Waals surface area contributed by atoms with Crippen LogP contribution in [0.4, 0.5) is 0 Å². The maximum absolute atomic E-state index is 14.1. The molecule has 39 heavy (non-hydrogen) atoms. The Labute approximate surface area is 225 Å². The highest BCUT2D eigenvalue weighted by Gasteiger charge is 2.34. The third kappa shape index (κ3) is 3.98. The number of amides is 1. The molecule has 0 bridgehead atoms. The van der Waals surface area contributed by atoms with E-state index in [9.17, 15) is 14.4 Å². The highest BCUT2D eigenvalue weighted by Crippen LogP contribution is 2.43. The fourth-order valence-electron chi connectivity index (χ4n) is 6.09. The molecule has 0 spiro atoms. The number of likely N-dealkylation sites (tertiary alicyclic amines) is 1. The van der Waals surface area contributed by atoms with Gasteiger partial charge in [0.1, 0.15) is 0 Å². The number of aromatic nitrogens is 2. The molecule has 1 aliphatic carbocycles. The average Bonchev–Trinajstić information content (AvgIpc) is 3.28. The summed E-state index contributed by atoms with van der Waals surface area (Å²) in [7, 11) is 2.98. The minimum absolute atomic E-state index is 0.0282. The van der Waals surface area contributed by atoms with Crippen LogP contribution in [0.5, 0.6) is 11.5 Å². The molecule has 198 valence electrons. The average molecular weight is 524 g/mol. The van der Waals surface area contributed by atoms with Gasteiger partial charge in [-0.1, -0.05) is 30.3 Å². The molecule has 1 unspecified atom stereocenters. The number of benzene rings is 2. The Kier molecular flexibility index (Phi) is 6.38. The van der Waals surface area contributed by atoms with Crippen molar-refractivity contribution in [3.8, 4) is 22.8 Å². The maximum atomic E-state index is 14.1. The number of fused-ring (bicyclic) bond motifs is 5. The van der Waals surface area contributed by atoms with Gasteiger partial charge in [0.05, 0.1) is 36.9 Å². The van der Waals surface area contributed by atoms with Gasteiger partial charge < -0.3 is 18.9 Å². The first-order valence-corrected chi connectivity index (χ1v) is 13.2. The van der Waals surface area contributed by atoms with Crippen LogP contribution in [0, 0.1) is 0 Å². The van der Waals surface area contributed by atoms with E-state index in [1.54, 1.807) is 29.0 Å². The fraction of sp³-hybridized carbons (Fsp3) is 0.290. The number of hydrogen-bond acceptors (Lipinski definition) is 6. The standard InChI is InChI=1S/C31H29N3O5/c1-38-24-13-12-22-26-28(20-9-3-4-10-21(20)29(26)36)34(31(37)27(22)30(24)39-2)17-14-25(35)33-16-6-5-11-23(33)19-8-7-15-32-18-19/h3-4,7-10,12-13,15,18,23H,5-6,11,14,16-17H2,1-2H3. The molecule has 3 heterocycles. The van der Waals surface area contributed by atoms with Gasteiger partial charge in [0, 0.05) is 48.4 Å². The summed E-state index contributed by atoms with van der Waals surface area (Å²) in [5, 5.41) is 0.791. The summed E-state index contributed by atoms with van der Waals surface area (Å²) in [6.45, 7) is 0.795. The molecule has 2 aromatic heterocycles. The van der Waals surface area contributed by atoms with Gasteiger partial charge in [0.25, 0.3) is 5.56 Å². The molecule has 1 saturated heterocycles. The molecule has 0 N–H and O–H groups in total. The number of piperidine rings is 1. The minimum atomic E-state index is -0.320. The largest absolute Gasteiger partial charge is 0.493 e. The SMILES string of the molecule is COc1ccc2c3c(n(CCC(=O)N4CCCCC4c4cccnc4)c(=O)c2c1OC)-c1ccccc1C3=O. The lowest BCUT2D eigenvalue weighted by Gasteiger charge is -2.36. The van der Waals surface area contributed by atoms with Crippen LogP contribution in [0.3, 0.4) is 0 Å². The van der Waals surface area contributed by atoms with Gasteiger partial charge in [-0.25, -0.2) is 0 Å². The van der Waals surface area contributed by atoms with Crippen molar-refractivity contribution >= 4 is 22.5 Å². The molecular weight excluding hydrogens is 494 g/mol. The third-order valence-electron chi connectivity index (χ3n) is 7.88. The predicted octanol–water partition coefficient (Wildman–Crippen LogP) is 4.77. The van der Waals surface area contributed by atoms with E-state index in [1.165, 1.54) is 14.2 Å². The number of ketones is 1. The number of carbonyl (C=O) groups excluding carboxylic acids is 2. The Morgan fingerprint density at radius 2 is 1.82 bits per heavy atom. The second-order valence-corrected chi connectivity index (χ2v) is 9.91. The summed E-state index contributed by atoms with van der Waals surface area (Å²) in [4.78, 5) is 47.5. The van der Waals surface area contributed by atoms with Crippen molar-refractivity contribution < 1.29 is 19.1 Å². The minimum Gasteiger partial charge on any atom is -0.493 e. The number of pyridine rings is 2. The smallest absolute Gasteiger partial charge is 0.262 e. The number of hydrogen-bond donors (Lipinski definition) is 0. The van der Waals surface area contributed by atoms with Crippen LogP contribution in [-0.2, 0) is 11.3 Å². The van der Waals surface area contributed by atoms with Gasteiger partial charge in [-0.15, -0.1) is 0 Å². The van der Waals surface area contributed by atoms with E-state index in [1.807, 2.05) is 41.4 Å². The summed E-state index contributed by atoms with van der Waals surface area (Å²) >= 11 is 0.